The predicted octanol–water partition coefficient (Wildman–Crippen LogP) is 3.68. The third-order valence-electron chi connectivity index (χ3n) is 4.95. The minimum Gasteiger partial charge on any atom is -0.295 e. The van der Waals surface area contributed by atoms with Gasteiger partial charge in [0.25, 0.3) is 11.8 Å². The van der Waals surface area contributed by atoms with Gasteiger partial charge in [-0.1, -0.05) is 54.1 Å². The van der Waals surface area contributed by atoms with Crippen molar-refractivity contribution < 1.29 is 9.59 Å². The number of hydrogen-bond acceptors (Lipinski definition) is 3. The molecule has 0 N–H and O–H groups in total. The minimum absolute atomic E-state index is 0.155. The van der Waals surface area contributed by atoms with Crippen LogP contribution in [0, 0.1) is 0 Å². The highest BCUT2D eigenvalue weighted by molar-refractivity contribution is 6.31. The van der Waals surface area contributed by atoms with Gasteiger partial charge in [-0.3, -0.25) is 19.4 Å². The van der Waals surface area contributed by atoms with E-state index in [4.69, 9.17) is 11.6 Å². The van der Waals surface area contributed by atoms with Crippen LogP contribution in [-0.4, -0.2) is 41.2 Å². The molecule has 0 bridgehead atoms. The first-order valence-electron chi connectivity index (χ1n) is 8.71. The number of carbonyl (C=O) groups excluding carboxylic acids is 2. The first-order chi connectivity index (χ1) is 12.6. The molecule has 2 aromatic rings. The quantitative estimate of drug-likeness (QED) is 0.775. The van der Waals surface area contributed by atoms with E-state index in [2.05, 4.69) is 17.0 Å². The Morgan fingerprint density at radius 2 is 1.54 bits per heavy atom. The second-order valence-corrected chi connectivity index (χ2v) is 7.15. The van der Waals surface area contributed by atoms with Crippen molar-refractivity contribution in [3.63, 3.8) is 0 Å². The van der Waals surface area contributed by atoms with Gasteiger partial charge in [0.15, 0.2) is 0 Å². The molecule has 0 aromatic heterocycles. The zero-order valence-corrected chi connectivity index (χ0v) is 15.1. The van der Waals surface area contributed by atoms with E-state index in [1.54, 1.807) is 24.3 Å². The van der Waals surface area contributed by atoms with Crippen LogP contribution in [0.5, 0.6) is 0 Å². The lowest BCUT2D eigenvalue weighted by molar-refractivity contribution is 0.0670. The average Bonchev–Trinajstić information content (AvgIpc) is 3.22. The largest absolute Gasteiger partial charge is 0.295 e. The highest BCUT2D eigenvalue weighted by Gasteiger charge is 2.35. The van der Waals surface area contributed by atoms with Crippen LogP contribution in [0.1, 0.15) is 32.7 Å². The molecule has 2 aromatic carbocycles. The van der Waals surface area contributed by atoms with Crippen molar-refractivity contribution in [3.05, 3.63) is 81.9 Å². The summed E-state index contributed by atoms with van der Waals surface area (Å²) in [6, 6.07) is 17.2. The van der Waals surface area contributed by atoms with E-state index in [0.29, 0.717) is 16.2 Å². The number of halogens is 1. The molecule has 0 aliphatic carbocycles. The number of benzene rings is 2. The highest BCUT2D eigenvalue weighted by Crippen LogP contribution is 2.28. The molecule has 0 radical (unpaired) electrons. The van der Waals surface area contributed by atoms with E-state index in [9.17, 15) is 9.59 Å². The van der Waals surface area contributed by atoms with Gasteiger partial charge in [0.1, 0.15) is 0 Å². The van der Waals surface area contributed by atoms with Crippen molar-refractivity contribution in [1.82, 2.24) is 9.80 Å². The summed E-state index contributed by atoms with van der Waals surface area (Å²) < 4.78 is 0. The Bertz CT molecular complexity index is 857. The molecule has 0 spiro atoms. The fourth-order valence-corrected chi connectivity index (χ4v) is 3.83. The van der Waals surface area contributed by atoms with E-state index >= 15 is 0 Å². The summed E-state index contributed by atoms with van der Waals surface area (Å²) in [7, 11) is 0. The van der Waals surface area contributed by atoms with Crippen LogP contribution in [0.2, 0.25) is 0 Å². The number of amides is 2. The summed E-state index contributed by atoms with van der Waals surface area (Å²) in [5.41, 5.74) is 3.30. The number of nitrogens with zero attached hydrogens (tertiary/aromatic N) is 2. The molecule has 4 rings (SSSR count). The first kappa shape index (κ1) is 17.0. The van der Waals surface area contributed by atoms with Gasteiger partial charge >= 0.3 is 0 Å². The SMILES string of the molecule is O=C1c2ccccc2C(=O)N1C/C(Cl)=C1\CCN(Cc2ccccc2)C1. The second-order valence-electron chi connectivity index (χ2n) is 6.70. The summed E-state index contributed by atoms with van der Waals surface area (Å²) >= 11 is 6.52. The Morgan fingerprint density at radius 1 is 0.923 bits per heavy atom. The topological polar surface area (TPSA) is 40.6 Å². The molecular formula is C21H19ClN2O2. The lowest BCUT2D eigenvalue weighted by Crippen LogP contribution is -2.31. The first-order valence-corrected chi connectivity index (χ1v) is 9.09. The molecule has 2 amide bonds. The maximum atomic E-state index is 12.5. The fraction of sp³-hybridized carbons (Fsp3) is 0.238. The Kier molecular flexibility index (Phi) is 4.62. The Labute approximate surface area is 157 Å². The van der Waals surface area contributed by atoms with Crippen molar-refractivity contribution in [2.75, 3.05) is 19.6 Å². The van der Waals surface area contributed by atoms with Crippen LogP contribution in [0.15, 0.2) is 65.2 Å². The lowest BCUT2D eigenvalue weighted by Gasteiger charge is -2.16. The van der Waals surface area contributed by atoms with Crippen LogP contribution in [0.3, 0.4) is 0 Å². The van der Waals surface area contributed by atoms with Crippen molar-refractivity contribution in [3.8, 4) is 0 Å². The highest BCUT2D eigenvalue weighted by atomic mass is 35.5. The minimum atomic E-state index is -0.261. The molecule has 5 heteroatoms. The monoisotopic (exact) mass is 366 g/mol. The molecule has 0 unspecified atom stereocenters. The van der Waals surface area contributed by atoms with Gasteiger partial charge in [-0.2, -0.15) is 0 Å². The molecule has 1 saturated heterocycles. The molecule has 0 saturated carbocycles. The zero-order chi connectivity index (χ0) is 18.1. The number of hydrogen-bond donors (Lipinski definition) is 0. The van der Waals surface area contributed by atoms with E-state index in [1.165, 1.54) is 10.5 Å². The van der Waals surface area contributed by atoms with Crippen molar-refractivity contribution >= 4 is 23.4 Å². The summed E-state index contributed by atoms with van der Waals surface area (Å²) in [6.07, 6.45) is 0.870. The van der Waals surface area contributed by atoms with Gasteiger partial charge in [-0.15, -0.1) is 0 Å². The molecule has 2 heterocycles. The van der Waals surface area contributed by atoms with Crippen LogP contribution < -0.4 is 0 Å². The van der Waals surface area contributed by atoms with Gasteiger partial charge in [-0.05, 0) is 29.7 Å². The Balaban J connectivity index is 1.44. The number of carbonyl (C=O) groups is 2. The van der Waals surface area contributed by atoms with E-state index in [0.717, 1.165) is 31.6 Å². The number of likely N-dealkylation sites (tertiary alicyclic amines) is 1. The van der Waals surface area contributed by atoms with Crippen molar-refractivity contribution in [2.45, 2.75) is 13.0 Å². The summed E-state index contributed by atoms with van der Waals surface area (Å²) in [6.45, 7) is 2.74. The number of rotatable bonds is 4. The average molecular weight is 367 g/mol. The molecule has 26 heavy (non-hydrogen) atoms. The second kappa shape index (κ2) is 7.06. The smallest absolute Gasteiger partial charge is 0.261 e. The Morgan fingerprint density at radius 3 is 2.19 bits per heavy atom. The van der Waals surface area contributed by atoms with Crippen LogP contribution in [0.25, 0.3) is 0 Å². The van der Waals surface area contributed by atoms with Gasteiger partial charge < -0.3 is 0 Å². The molecule has 132 valence electrons. The van der Waals surface area contributed by atoms with Gasteiger partial charge in [0.05, 0.1) is 17.7 Å². The molecular weight excluding hydrogens is 348 g/mol. The van der Waals surface area contributed by atoms with Gasteiger partial charge in [0, 0.05) is 24.7 Å². The molecule has 2 aliphatic rings. The third-order valence-corrected chi connectivity index (χ3v) is 5.34. The van der Waals surface area contributed by atoms with Crippen molar-refractivity contribution in [1.29, 1.82) is 0 Å². The zero-order valence-electron chi connectivity index (χ0n) is 14.3. The normalized spacial score (nSPS) is 19.2. The maximum Gasteiger partial charge on any atom is 0.261 e. The van der Waals surface area contributed by atoms with Crippen LogP contribution >= 0.6 is 11.6 Å². The molecule has 0 atom stereocenters. The van der Waals surface area contributed by atoms with Gasteiger partial charge in [0.2, 0.25) is 0 Å². The van der Waals surface area contributed by atoms with Crippen LogP contribution in [-0.2, 0) is 6.54 Å². The number of fused-ring (bicyclic) bond motifs is 1. The Hall–Kier alpha value is -2.43. The van der Waals surface area contributed by atoms with E-state index in [-0.39, 0.29) is 18.4 Å². The van der Waals surface area contributed by atoms with Crippen LogP contribution in [0.4, 0.5) is 0 Å². The molecule has 4 nitrogen and oxygen atoms in total. The maximum absolute atomic E-state index is 12.5. The summed E-state index contributed by atoms with van der Waals surface area (Å²) in [4.78, 5) is 28.5. The van der Waals surface area contributed by atoms with E-state index < -0.39 is 0 Å². The molecule has 2 aliphatic heterocycles. The summed E-state index contributed by atoms with van der Waals surface area (Å²) in [5.74, 6) is -0.521. The summed E-state index contributed by atoms with van der Waals surface area (Å²) in [5, 5.41) is 0.607. The number of imide groups is 1. The third kappa shape index (κ3) is 3.18. The predicted molar refractivity (Wildman–Crippen MR) is 101 cm³/mol. The lowest BCUT2D eigenvalue weighted by atomic mass is 10.1. The van der Waals surface area contributed by atoms with Crippen molar-refractivity contribution in [2.24, 2.45) is 0 Å². The fourth-order valence-electron chi connectivity index (χ4n) is 3.55. The molecule has 1 fully saturated rings. The van der Waals surface area contributed by atoms with Gasteiger partial charge in [-0.25, -0.2) is 0 Å². The van der Waals surface area contributed by atoms with E-state index in [1.807, 2.05) is 18.2 Å². The standard InChI is InChI=1S/C21H19ClN2O2/c22-19(14-24-20(25)17-8-4-5-9-18(17)21(24)26)16-10-11-23(13-16)12-15-6-2-1-3-7-15/h1-9H,10-14H2/b19-16-.